The molecule has 13 heavy (non-hydrogen) atoms. The van der Waals surface area contributed by atoms with Crippen molar-refractivity contribution >= 4 is 26.9 Å². The lowest BCUT2D eigenvalue weighted by Crippen LogP contribution is -2.05. The van der Waals surface area contributed by atoms with Crippen molar-refractivity contribution in [2.75, 3.05) is 0 Å². The van der Waals surface area contributed by atoms with E-state index in [-0.39, 0.29) is 5.39 Å². The van der Waals surface area contributed by atoms with E-state index in [2.05, 4.69) is 15.9 Å². The Bertz CT molecular complexity index is 518. The molecule has 0 spiro atoms. The number of fused-ring (bicyclic) bond motifs is 1. The van der Waals surface area contributed by atoms with E-state index < -0.39 is 11.2 Å². The van der Waals surface area contributed by atoms with Crippen molar-refractivity contribution in [3.05, 3.63) is 45.0 Å². The molecule has 1 heterocycles. The molecule has 0 aliphatic rings. The predicted molar refractivity (Wildman–Crippen MR) is 50.1 cm³/mol. The molecule has 2 aromatic rings. The van der Waals surface area contributed by atoms with Crippen LogP contribution in [0.25, 0.3) is 11.0 Å². The molecule has 0 atom stereocenters. The second-order valence-corrected chi connectivity index (χ2v) is 3.38. The van der Waals surface area contributed by atoms with Gasteiger partial charge >= 0.3 is 0 Å². The summed E-state index contributed by atoms with van der Waals surface area (Å²) in [6.07, 6.45) is 0.815. The molecular formula is C9H4BrFO2. The smallest absolute Gasteiger partial charge is 0.228 e. The Morgan fingerprint density at radius 1 is 1.38 bits per heavy atom. The van der Waals surface area contributed by atoms with E-state index in [1.165, 1.54) is 6.07 Å². The molecule has 0 N–H and O–H groups in total. The highest BCUT2D eigenvalue weighted by atomic mass is 79.9. The van der Waals surface area contributed by atoms with E-state index in [1.807, 2.05) is 0 Å². The Morgan fingerprint density at radius 3 is 2.92 bits per heavy atom. The standard InChI is InChI=1S/C9H4BrFO2/c10-6-3-1-2-5-8(12)7(11)4-13-9(5)6/h1-4H. The molecule has 0 bridgehead atoms. The number of hydrogen-bond acceptors (Lipinski definition) is 2. The van der Waals surface area contributed by atoms with Crippen LogP contribution >= 0.6 is 15.9 Å². The summed E-state index contributed by atoms with van der Waals surface area (Å²) in [6, 6.07) is 4.90. The largest absolute Gasteiger partial charge is 0.460 e. The van der Waals surface area contributed by atoms with Crippen molar-refractivity contribution in [1.29, 1.82) is 0 Å². The van der Waals surface area contributed by atoms with E-state index in [0.29, 0.717) is 10.1 Å². The topological polar surface area (TPSA) is 30.2 Å². The first-order valence-electron chi connectivity index (χ1n) is 3.55. The summed E-state index contributed by atoms with van der Waals surface area (Å²) < 4.78 is 18.3. The highest BCUT2D eigenvalue weighted by molar-refractivity contribution is 9.10. The molecule has 4 heteroatoms. The molecule has 0 aliphatic heterocycles. The summed E-state index contributed by atoms with van der Waals surface area (Å²) in [5.74, 6) is -0.870. The van der Waals surface area contributed by atoms with E-state index in [4.69, 9.17) is 4.42 Å². The molecule has 0 unspecified atom stereocenters. The summed E-state index contributed by atoms with van der Waals surface area (Å²) in [5.41, 5.74) is -0.267. The highest BCUT2D eigenvalue weighted by Gasteiger charge is 2.07. The Labute approximate surface area is 81.1 Å². The molecule has 0 saturated carbocycles. The summed E-state index contributed by atoms with van der Waals surface area (Å²) in [7, 11) is 0. The SMILES string of the molecule is O=c1c(F)coc2c(Br)cccc12. The fraction of sp³-hybridized carbons (Fsp3) is 0. The minimum Gasteiger partial charge on any atom is -0.460 e. The second-order valence-electron chi connectivity index (χ2n) is 2.53. The summed E-state index contributed by atoms with van der Waals surface area (Å²) in [4.78, 5) is 11.2. The van der Waals surface area contributed by atoms with Gasteiger partial charge in [-0.15, -0.1) is 0 Å². The monoisotopic (exact) mass is 242 g/mol. The van der Waals surface area contributed by atoms with Gasteiger partial charge in [0.2, 0.25) is 11.2 Å². The quantitative estimate of drug-likeness (QED) is 0.712. The molecule has 0 saturated heterocycles. The Hall–Kier alpha value is -1.16. The number of hydrogen-bond donors (Lipinski definition) is 0. The zero-order valence-electron chi connectivity index (χ0n) is 6.38. The number of para-hydroxylation sites is 1. The summed E-state index contributed by atoms with van der Waals surface area (Å²) >= 11 is 3.20. The zero-order chi connectivity index (χ0) is 9.42. The first kappa shape index (κ1) is 8.44. The fourth-order valence-corrected chi connectivity index (χ4v) is 1.56. The lowest BCUT2D eigenvalue weighted by atomic mass is 10.2. The maximum atomic E-state index is 12.8. The van der Waals surface area contributed by atoms with Crippen LogP contribution in [0.4, 0.5) is 4.39 Å². The number of rotatable bonds is 0. The van der Waals surface area contributed by atoms with Gasteiger partial charge in [0.25, 0.3) is 0 Å². The molecule has 1 aromatic carbocycles. The molecule has 0 radical (unpaired) electrons. The first-order valence-corrected chi connectivity index (χ1v) is 4.35. The van der Waals surface area contributed by atoms with Crippen LogP contribution in [0, 0.1) is 5.82 Å². The van der Waals surface area contributed by atoms with Crippen molar-refractivity contribution in [2.24, 2.45) is 0 Å². The highest BCUT2D eigenvalue weighted by Crippen LogP contribution is 2.21. The van der Waals surface area contributed by atoms with Gasteiger partial charge < -0.3 is 4.42 Å². The lowest BCUT2D eigenvalue weighted by molar-refractivity contribution is 0.519. The minimum absolute atomic E-state index is 0.245. The molecule has 2 nitrogen and oxygen atoms in total. The van der Waals surface area contributed by atoms with Crippen LogP contribution in [0.15, 0.2) is 38.1 Å². The third-order valence-electron chi connectivity index (χ3n) is 1.71. The average Bonchev–Trinajstić information content (AvgIpc) is 2.12. The van der Waals surface area contributed by atoms with Gasteiger partial charge in [-0.1, -0.05) is 6.07 Å². The van der Waals surface area contributed by atoms with E-state index >= 15 is 0 Å². The van der Waals surface area contributed by atoms with Gasteiger partial charge in [0.05, 0.1) is 9.86 Å². The normalized spacial score (nSPS) is 10.6. The van der Waals surface area contributed by atoms with Gasteiger partial charge in [0.15, 0.2) is 5.58 Å². The van der Waals surface area contributed by atoms with Gasteiger partial charge in [0, 0.05) is 0 Å². The zero-order valence-corrected chi connectivity index (χ0v) is 7.97. The van der Waals surface area contributed by atoms with Crippen molar-refractivity contribution in [3.8, 4) is 0 Å². The maximum absolute atomic E-state index is 12.8. The molecule has 0 amide bonds. The Balaban J connectivity index is 3.03. The van der Waals surface area contributed by atoms with Crippen LogP contribution in [0.2, 0.25) is 0 Å². The van der Waals surface area contributed by atoms with Crippen LogP contribution < -0.4 is 5.43 Å². The van der Waals surface area contributed by atoms with Crippen LogP contribution in [0.5, 0.6) is 0 Å². The average molecular weight is 243 g/mol. The Kier molecular flexibility index (Phi) is 1.92. The Morgan fingerprint density at radius 2 is 2.15 bits per heavy atom. The van der Waals surface area contributed by atoms with Gasteiger partial charge in [-0.25, -0.2) is 0 Å². The van der Waals surface area contributed by atoms with Gasteiger partial charge in [-0.05, 0) is 28.1 Å². The van der Waals surface area contributed by atoms with E-state index in [9.17, 15) is 9.18 Å². The number of benzene rings is 1. The van der Waals surface area contributed by atoms with E-state index in [0.717, 1.165) is 6.26 Å². The molecule has 2 rings (SSSR count). The minimum atomic E-state index is -0.870. The first-order chi connectivity index (χ1) is 6.20. The summed E-state index contributed by atoms with van der Waals surface area (Å²) in [6.45, 7) is 0. The molecule has 0 fully saturated rings. The molecular weight excluding hydrogens is 239 g/mol. The lowest BCUT2D eigenvalue weighted by Gasteiger charge is -1.97. The predicted octanol–water partition coefficient (Wildman–Crippen LogP) is 2.69. The van der Waals surface area contributed by atoms with Crippen LogP contribution in [0.1, 0.15) is 0 Å². The van der Waals surface area contributed by atoms with Crippen LogP contribution in [-0.2, 0) is 0 Å². The molecule has 0 aliphatic carbocycles. The van der Waals surface area contributed by atoms with E-state index in [1.54, 1.807) is 12.1 Å². The maximum Gasteiger partial charge on any atom is 0.228 e. The van der Waals surface area contributed by atoms with Crippen molar-refractivity contribution in [3.63, 3.8) is 0 Å². The molecule has 66 valence electrons. The van der Waals surface area contributed by atoms with Crippen LogP contribution in [-0.4, -0.2) is 0 Å². The third kappa shape index (κ3) is 1.27. The van der Waals surface area contributed by atoms with Crippen LogP contribution in [0.3, 0.4) is 0 Å². The summed E-state index contributed by atoms with van der Waals surface area (Å²) in [5, 5.41) is 0.245. The van der Waals surface area contributed by atoms with Gasteiger partial charge in [-0.2, -0.15) is 4.39 Å². The number of halogens is 2. The van der Waals surface area contributed by atoms with Crippen molar-refractivity contribution in [1.82, 2.24) is 0 Å². The third-order valence-corrected chi connectivity index (χ3v) is 2.33. The second kappa shape index (κ2) is 2.96. The van der Waals surface area contributed by atoms with Gasteiger partial charge in [-0.3, -0.25) is 4.79 Å². The molecule has 1 aromatic heterocycles. The van der Waals surface area contributed by atoms with Gasteiger partial charge in [0.1, 0.15) is 6.26 Å². The van der Waals surface area contributed by atoms with Crippen molar-refractivity contribution in [2.45, 2.75) is 0 Å². The van der Waals surface area contributed by atoms with Crippen molar-refractivity contribution < 1.29 is 8.81 Å². The fourth-order valence-electron chi connectivity index (χ4n) is 1.10.